The average Bonchev–Trinajstić information content (AvgIpc) is 2.89. The maximum absolute atomic E-state index is 7.45. The summed E-state index contributed by atoms with van der Waals surface area (Å²) in [6.45, 7) is 0.523. The molecule has 0 heterocycles. The van der Waals surface area contributed by atoms with E-state index in [1.165, 1.54) is 12.8 Å². The SMILES string of the molecule is COc1ccc(C(=N)N)cc1COC1CCCC1. The van der Waals surface area contributed by atoms with Gasteiger partial charge in [-0.1, -0.05) is 12.8 Å². The maximum atomic E-state index is 7.45. The number of benzene rings is 1. The van der Waals surface area contributed by atoms with Crippen LogP contribution < -0.4 is 10.5 Å². The van der Waals surface area contributed by atoms with Crippen molar-refractivity contribution in [3.63, 3.8) is 0 Å². The third-order valence-corrected chi connectivity index (χ3v) is 3.37. The highest BCUT2D eigenvalue weighted by Gasteiger charge is 2.16. The zero-order valence-corrected chi connectivity index (χ0v) is 10.7. The maximum Gasteiger partial charge on any atom is 0.124 e. The number of nitrogens with two attached hydrogens (primary N) is 1. The largest absolute Gasteiger partial charge is 0.496 e. The summed E-state index contributed by atoms with van der Waals surface area (Å²) in [5, 5.41) is 7.45. The molecule has 1 aliphatic rings. The molecule has 3 N–H and O–H groups in total. The molecule has 4 heteroatoms. The molecule has 2 rings (SSSR count). The lowest BCUT2D eigenvalue weighted by atomic mass is 10.1. The lowest BCUT2D eigenvalue weighted by molar-refractivity contribution is 0.0446. The standard InChI is InChI=1S/C14H20N2O2/c1-17-13-7-6-10(14(15)16)8-11(13)9-18-12-4-2-3-5-12/h6-8,12H,2-5,9H2,1H3,(H3,15,16). The van der Waals surface area contributed by atoms with Crippen LogP contribution in [0.3, 0.4) is 0 Å². The zero-order valence-electron chi connectivity index (χ0n) is 10.7. The van der Waals surface area contributed by atoms with Crippen molar-refractivity contribution in [3.8, 4) is 5.75 Å². The van der Waals surface area contributed by atoms with E-state index in [1.807, 2.05) is 12.1 Å². The first-order chi connectivity index (χ1) is 8.70. The second-order valence-corrected chi connectivity index (χ2v) is 4.66. The van der Waals surface area contributed by atoms with Gasteiger partial charge in [-0.2, -0.15) is 0 Å². The van der Waals surface area contributed by atoms with E-state index in [0.717, 1.165) is 24.2 Å². The van der Waals surface area contributed by atoms with Crippen molar-refractivity contribution >= 4 is 5.84 Å². The third-order valence-electron chi connectivity index (χ3n) is 3.37. The highest BCUT2D eigenvalue weighted by molar-refractivity contribution is 5.95. The minimum Gasteiger partial charge on any atom is -0.496 e. The lowest BCUT2D eigenvalue weighted by Gasteiger charge is -2.14. The molecule has 0 radical (unpaired) electrons. The van der Waals surface area contributed by atoms with E-state index in [1.54, 1.807) is 13.2 Å². The monoisotopic (exact) mass is 248 g/mol. The molecule has 98 valence electrons. The summed E-state index contributed by atoms with van der Waals surface area (Å²) < 4.78 is 11.2. The van der Waals surface area contributed by atoms with Gasteiger partial charge < -0.3 is 15.2 Å². The summed E-state index contributed by atoms with van der Waals surface area (Å²) in [5.41, 5.74) is 7.16. The zero-order chi connectivity index (χ0) is 13.0. The van der Waals surface area contributed by atoms with Crippen LogP contribution in [0.15, 0.2) is 18.2 Å². The van der Waals surface area contributed by atoms with Crippen molar-refractivity contribution in [2.45, 2.75) is 38.4 Å². The molecule has 0 unspecified atom stereocenters. The number of nitrogens with one attached hydrogen (secondary N) is 1. The minimum absolute atomic E-state index is 0.0692. The van der Waals surface area contributed by atoms with E-state index in [9.17, 15) is 0 Å². The van der Waals surface area contributed by atoms with Gasteiger partial charge in [-0.15, -0.1) is 0 Å². The number of hydrogen-bond donors (Lipinski definition) is 2. The van der Waals surface area contributed by atoms with Crippen molar-refractivity contribution in [1.82, 2.24) is 0 Å². The second kappa shape index (κ2) is 5.87. The van der Waals surface area contributed by atoms with E-state index in [2.05, 4.69) is 0 Å². The van der Waals surface area contributed by atoms with Crippen molar-refractivity contribution in [1.29, 1.82) is 5.41 Å². The van der Waals surface area contributed by atoms with Crippen LogP contribution in [-0.2, 0) is 11.3 Å². The summed E-state index contributed by atoms with van der Waals surface area (Å²) in [6.07, 6.45) is 5.18. The van der Waals surface area contributed by atoms with Gasteiger partial charge in [-0.05, 0) is 31.0 Å². The van der Waals surface area contributed by atoms with Gasteiger partial charge in [0.15, 0.2) is 0 Å². The Hall–Kier alpha value is -1.55. The number of ether oxygens (including phenoxy) is 2. The van der Waals surface area contributed by atoms with E-state index in [4.69, 9.17) is 20.6 Å². The molecule has 1 saturated carbocycles. The molecule has 1 aliphatic carbocycles. The molecule has 0 bridgehead atoms. The van der Waals surface area contributed by atoms with Gasteiger partial charge in [0.2, 0.25) is 0 Å². The molecule has 0 spiro atoms. The number of nitrogen functional groups attached to an aromatic ring is 1. The van der Waals surface area contributed by atoms with Gasteiger partial charge in [0.05, 0.1) is 19.8 Å². The fourth-order valence-electron chi connectivity index (χ4n) is 2.32. The lowest BCUT2D eigenvalue weighted by Crippen LogP contribution is -2.13. The molecule has 0 amide bonds. The molecule has 1 aromatic carbocycles. The summed E-state index contributed by atoms with van der Waals surface area (Å²) in [4.78, 5) is 0. The first-order valence-electron chi connectivity index (χ1n) is 6.33. The van der Waals surface area contributed by atoms with Gasteiger partial charge in [0.1, 0.15) is 11.6 Å². The molecular weight excluding hydrogens is 228 g/mol. The van der Waals surface area contributed by atoms with Gasteiger partial charge in [-0.25, -0.2) is 0 Å². The van der Waals surface area contributed by atoms with E-state index in [-0.39, 0.29) is 5.84 Å². The molecule has 4 nitrogen and oxygen atoms in total. The van der Waals surface area contributed by atoms with Crippen LogP contribution in [0.2, 0.25) is 0 Å². The Bertz CT molecular complexity index is 426. The number of rotatable bonds is 5. The van der Waals surface area contributed by atoms with Crippen LogP contribution in [0.4, 0.5) is 0 Å². The molecule has 1 fully saturated rings. The molecule has 1 aromatic rings. The first kappa shape index (κ1) is 12.9. The van der Waals surface area contributed by atoms with Crippen molar-refractivity contribution in [2.75, 3.05) is 7.11 Å². The molecule has 18 heavy (non-hydrogen) atoms. The predicted molar refractivity (Wildman–Crippen MR) is 71.1 cm³/mol. The molecule has 0 saturated heterocycles. The Morgan fingerprint density at radius 1 is 1.39 bits per heavy atom. The second-order valence-electron chi connectivity index (χ2n) is 4.66. The van der Waals surface area contributed by atoms with E-state index < -0.39 is 0 Å². The number of amidine groups is 1. The minimum atomic E-state index is 0.0692. The van der Waals surface area contributed by atoms with Gasteiger partial charge >= 0.3 is 0 Å². The Kier molecular flexibility index (Phi) is 4.20. The van der Waals surface area contributed by atoms with Crippen molar-refractivity contribution in [2.24, 2.45) is 5.73 Å². The van der Waals surface area contributed by atoms with Crippen LogP contribution >= 0.6 is 0 Å². The predicted octanol–water partition coefficient (Wildman–Crippen LogP) is 2.44. The summed E-state index contributed by atoms with van der Waals surface area (Å²) >= 11 is 0. The topological polar surface area (TPSA) is 68.3 Å². The quantitative estimate of drug-likeness (QED) is 0.621. The Balaban J connectivity index is 2.08. The van der Waals surface area contributed by atoms with E-state index >= 15 is 0 Å². The summed E-state index contributed by atoms with van der Waals surface area (Å²) in [7, 11) is 1.64. The van der Waals surface area contributed by atoms with E-state index in [0.29, 0.717) is 18.3 Å². The summed E-state index contributed by atoms with van der Waals surface area (Å²) in [5.74, 6) is 0.859. The molecule has 0 aromatic heterocycles. The van der Waals surface area contributed by atoms with Crippen molar-refractivity contribution in [3.05, 3.63) is 29.3 Å². The number of hydrogen-bond acceptors (Lipinski definition) is 3. The fraction of sp³-hybridized carbons (Fsp3) is 0.500. The Morgan fingerprint density at radius 2 is 2.11 bits per heavy atom. The summed E-state index contributed by atoms with van der Waals surface area (Å²) in [6, 6.07) is 5.50. The Morgan fingerprint density at radius 3 is 2.72 bits per heavy atom. The van der Waals surface area contributed by atoms with Crippen LogP contribution in [-0.4, -0.2) is 19.0 Å². The highest BCUT2D eigenvalue weighted by atomic mass is 16.5. The van der Waals surface area contributed by atoms with Gasteiger partial charge in [0, 0.05) is 11.1 Å². The van der Waals surface area contributed by atoms with Gasteiger partial charge in [0.25, 0.3) is 0 Å². The molecule has 0 atom stereocenters. The van der Waals surface area contributed by atoms with Crippen LogP contribution in [0, 0.1) is 5.41 Å². The molecular formula is C14H20N2O2. The first-order valence-corrected chi connectivity index (χ1v) is 6.33. The van der Waals surface area contributed by atoms with Crippen molar-refractivity contribution < 1.29 is 9.47 Å². The fourth-order valence-corrected chi connectivity index (χ4v) is 2.32. The molecule has 0 aliphatic heterocycles. The Labute approximate surface area is 108 Å². The average molecular weight is 248 g/mol. The highest BCUT2D eigenvalue weighted by Crippen LogP contribution is 2.25. The van der Waals surface area contributed by atoms with Crippen LogP contribution in [0.5, 0.6) is 5.75 Å². The van der Waals surface area contributed by atoms with Crippen LogP contribution in [0.1, 0.15) is 36.8 Å². The van der Waals surface area contributed by atoms with Gasteiger partial charge in [-0.3, -0.25) is 5.41 Å². The smallest absolute Gasteiger partial charge is 0.124 e. The van der Waals surface area contributed by atoms with Crippen LogP contribution in [0.25, 0.3) is 0 Å². The number of methoxy groups -OCH3 is 1. The third kappa shape index (κ3) is 3.01. The normalized spacial score (nSPS) is 15.8.